The fraction of sp³-hybridized carbons (Fsp3) is 0.333. The Labute approximate surface area is 229 Å². The van der Waals surface area contributed by atoms with Gasteiger partial charge < -0.3 is 25.6 Å². The quantitative estimate of drug-likeness (QED) is 0.303. The van der Waals surface area contributed by atoms with Crippen LogP contribution in [0.2, 0.25) is 0 Å². The maximum absolute atomic E-state index is 14.5. The number of nitrogens with one attached hydrogen (secondary N) is 3. The van der Waals surface area contributed by atoms with Crippen LogP contribution in [0.15, 0.2) is 53.8 Å². The Balaban J connectivity index is 1.76. The molecule has 0 radical (unpaired) electrons. The van der Waals surface area contributed by atoms with E-state index >= 15 is 0 Å². The first kappa shape index (κ1) is 27.6. The van der Waals surface area contributed by atoms with Crippen molar-refractivity contribution >= 4 is 55.7 Å². The van der Waals surface area contributed by atoms with E-state index in [0.29, 0.717) is 32.6 Å². The predicted octanol–water partition coefficient (Wildman–Crippen LogP) is 4.28. The molecule has 3 aromatic rings. The number of hydrogen-bond acceptors (Lipinski definition) is 8. The van der Waals surface area contributed by atoms with Gasteiger partial charge in [0.25, 0.3) is 0 Å². The molecule has 1 saturated heterocycles. The number of anilines is 3. The molecule has 9 nitrogen and oxygen atoms in total. The maximum Gasteiger partial charge on any atom is 0.247 e. The molecule has 38 heavy (non-hydrogen) atoms. The lowest BCUT2D eigenvalue weighted by atomic mass is 9.89. The summed E-state index contributed by atoms with van der Waals surface area (Å²) in [4.78, 5) is 36.0. The SMILES string of the molecule is C=CC(=O)Nc1cc2c(Nc3ccc(Br)cc3F)ncnc2cc1OC(C(=O)CN(C)C)C1CCNCC1. The summed E-state index contributed by atoms with van der Waals surface area (Å²) in [5.74, 6) is -0.282. The highest BCUT2D eigenvalue weighted by molar-refractivity contribution is 9.10. The number of carbonyl (C=O) groups is 2. The second kappa shape index (κ2) is 12.4. The molecule has 1 fully saturated rings. The van der Waals surface area contributed by atoms with Crippen LogP contribution in [0.4, 0.5) is 21.6 Å². The molecule has 0 spiro atoms. The van der Waals surface area contributed by atoms with Crippen molar-refractivity contribution in [1.82, 2.24) is 20.2 Å². The summed E-state index contributed by atoms with van der Waals surface area (Å²) in [5.41, 5.74) is 1.05. The van der Waals surface area contributed by atoms with Crippen LogP contribution < -0.4 is 20.7 Å². The van der Waals surface area contributed by atoms with Crippen molar-refractivity contribution in [1.29, 1.82) is 0 Å². The summed E-state index contributed by atoms with van der Waals surface area (Å²) < 4.78 is 21.5. The monoisotopic (exact) mass is 584 g/mol. The number of nitrogens with zero attached hydrogens (tertiary/aromatic N) is 3. The highest BCUT2D eigenvalue weighted by Gasteiger charge is 2.32. The van der Waals surface area contributed by atoms with Gasteiger partial charge in [-0.25, -0.2) is 14.4 Å². The van der Waals surface area contributed by atoms with Gasteiger partial charge in [-0.15, -0.1) is 0 Å². The highest BCUT2D eigenvalue weighted by atomic mass is 79.9. The highest BCUT2D eigenvalue weighted by Crippen LogP contribution is 2.36. The summed E-state index contributed by atoms with van der Waals surface area (Å²) in [5, 5.41) is 9.62. The van der Waals surface area contributed by atoms with E-state index in [4.69, 9.17) is 4.74 Å². The van der Waals surface area contributed by atoms with Crippen LogP contribution in [0.3, 0.4) is 0 Å². The number of amides is 1. The van der Waals surface area contributed by atoms with Crippen molar-refractivity contribution in [3.63, 3.8) is 0 Å². The summed E-state index contributed by atoms with van der Waals surface area (Å²) in [6, 6.07) is 7.96. The van der Waals surface area contributed by atoms with Gasteiger partial charge in [0.05, 0.1) is 23.4 Å². The third-order valence-corrected chi connectivity index (χ3v) is 6.71. The minimum absolute atomic E-state index is 0.0189. The van der Waals surface area contributed by atoms with Gasteiger partial charge in [0.2, 0.25) is 5.91 Å². The largest absolute Gasteiger partial charge is 0.480 e. The van der Waals surface area contributed by atoms with Crippen LogP contribution in [0.1, 0.15) is 12.8 Å². The Bertz CT molecular complexity index is 1350. The molecule has 1 atom stereocenters. The fourth-order valence-corrected chi connectivity index (χ4v) is 4.72. The van der Waals surface area contributed by atoms with Crippen molar-refractivity contribution in [2.45, 2.75) is 18.9 Å². The number of ketones is 1. The number of aromatic nitrogens is 2. The van der Waals surface area contributed by atoms with E-state index < -0.39 is 17.8 Å². The topological polar surface area (TPSA) is 108 Å². The summed E-state index contributed by atoms with van der Waals surface area (Å²) in [6.07, 6.45) is 3.39. The Hall–Kier alpha value is -3.41. The number of rotatable bonds is 10. The molecule has 0 aliphatic carbocycles. The van der Waals surface area contributed by atoms with Gasteiger partial charge in [0.1, 0.15) is 23.7 Å². The fourth-order valence-electron chi connectivity index (χ4n) is 4.39. The molecule has 1 aliphatic heterocycles. The first-order valence-electron chi connectivity index (χ1n) is 12.2. The smallest absolute Gasteiger partial charge is 0.247 e. The zero-order chi connectivity index (χ0) is 27.2. The Morgan fingerprint density at radius 1 is 1.24 bits per heavy atom. The van der Waals surface area contributed by atoms with Crippen molar-refractivity contribution in [3.05, 3.63) is 59.6 Å². The van der Waals surface area contributed by atoms with E-state index in [0.717, 1.165) is 32.0 Å². The zero-order valence-corrected chi connectivity index (χ0v) is 22.8. The molecular formula is C27H30BrFN6O3. The second-order valence-corrected chi connectivity index (χ2v) is 10.3. The molecule has 2 aromatic carbocycles. The van der Waals surface area contributed by atoms with Crippen LogP contribution in [0.25, 0.3) is 10.9 Å². The molecule has 2 heterocycles. The zero-order valence-electron chi connectivity index (χ0n) is 21.3. The molecule has 1 amide bonds. The molecule has 200 valence electrons. The Morgan fingerprint density at radius 2 is 2.00 bits per heavy atom. The van der Waals surface area contributed by atoms with Crippen molar-refractivity contribution in [2.75, 3.05) is 44.4 Å². The Kier molecular flexibility index (Phi) is 9.03. The lowest BCUT2D eigenvalue weighted by Crippen LogP contribution is -2.44. The maximum atomic E-state index is 14.5. The third-order valence-electron chi connectivity index (χ3n) is 6.22. The van der Waals surface area contributed by atoms with Gasteiger partial charge in [-0.3, -0.25) is 9.59 Å². The van der Waals surface area contributed by atoms with E-state index in [9.17, 15) is 14.0 Å². The molecule has 1 unspecified atom stereocenters. The van der Waals surface area contributed by atoms with E-state index in [-0.39, 0.29) is 23.9 Å². The number of piperidine rings is 1. The lowest BCUT2D eigenvalue weighted by molar-refractivity contribution is -0.129. The number of benzene rings is 2. The van der Waals surface area contributed by atoms with E-state index in [2.05, 4.69) is 48.4 Å². The minimum Gasteiger partial charge on any atom is -0.480 e. The molecule has 3 N–H and O–H groups in total. The molecule has 11 heteroatoms. The van der Waals surface area contributed by atoms with Crippen molar-refractivity contribution in [2.24, 2.45) is 5.92 Å². The van der Waals surface area contributed by atoms with Gasteiger partial charge >= 0.3 is 0 Å². The number of carbonyl (C=O) groups excluding carboxylic acids is 2. The van der Waals surface area contributed by atoms with Gasteiger partial charge in [-0.1, -0.05) is 22.5 Å². The third kappa shape index (κ3) is 6.72. The first-order valence-corrected chi connectivity index (χ1v) is 13.0. The van der Waals surface area contributed by atoms with Crippen LogP contribution in [-0.2, 0) is 9.59 Å². The van der Waals surface area contributed by atoms with Gasteiger partial charge in [-0.2, -0.15) is 0 Å². The number of ether oxygens (including phenoxy) is 1. The standard InChI is InChI=1S/C27H30BrFN6O3/c1-4-25(37)33-22-12-18-21(31-15-32-27(18)34-20-6-5-17(28)11-19(20)29)13-24(22)38-26(23(36)14-35(2)3)16-7-9-30-10-8-16/h4-6,11-13,15-16,26,30H,1,7-10,14H2,2-3H3,(H,33,37)(H,31,32,34). The number of likely N-dealkylation sites (N-methyl/N-ethyl adjacent to an activating group) is 1. The van der Waals surface area contributed by atoms with Crippen molar-refractivity contribution in [3.8, 4) is 5.75 Å². The van der Waals surface area contributed by atoms with Gasteiger partial charge in [0.15, 0.2) is 11.9 Å². The predicted molar refractivity (Wildman–Crippen MR) is 149 cm³/mol. The first-order chi connectivity index (χ1) is 18.2. The van der Waals surface area contributed by atoms with E-state index in [1.165, 1.54) is 12.4 Å². The van der Waals surface area contributed by atoms with E-state index in [1.807, 2.05) is 19.0 Å². The minimum atomic E-state index is -0.701. The van der Waals surface area contributed by atoms with Crippen LogP contribution in [-0.4, -0.2) is 66.4 Å². The number of fused-ring (bicyclic) bond motifs is 1. The molecule has 1 aliphatic rings. The number of Topliss-reactive ketones (excluding diaryl/α,β-unsaturated/α-hetero) is 1. The van der Waals surface area contributed by atoms with Crippen LogP contribution in [0.5, 0.6) is 5.75 Å². The molecule has 1 aromatic heterocycles. The number of halogens is 2. The van der Waals surface area contributed by atoms with E-state index in [1.54, 1.807) is 24.3 Å². The van der Waals surface area contributed by atoms with Gasteiger partial charge in [0, 0.05) is 21.8 Å². The molecule has 0 bridgehead atoms. The van der Waals surface area contributed by atoms with Crippen LogP contribution >= 0.6 is 15.9 Å². The van der Waals surface area contributed by atoms with Crippen molar-refractivity contribution < 1.29 is 18.7 Å². The van der Waals surface area contributed by atoms with Crippen LogP contribution in [0, 0.1) is 11.7 Å². The number of hydrogen-bond donors (Lipinski definition) is 3. The normalized spacial score (nSPS) is 14.8. The molecule has 0 saturated carbocycles. The van der Waals surface area contributed by atoms with Gasteiger partial charge in [-0.05, 0) is 70.4 Å². The lowest BCUT2D eigenvalue weighted by Gasteiger charge is -2.31. The second-order valence-electron chi connectivity index (χ2n) is 9.36. The molecular weight excluding hydrogens is 555 g/mol. The average molecular weight is 585 g/mol. The summed E-state index contributed by atoms with van der Waals surface area (Å²) in [6.45, 7) is 5.36. The average Bonchev–Trinajstić information content (AvgIpc) is 2.89. The summed E-state index contributed by atoms with van der Waals surface area (Å²) in [7, 11) is 3.67. The summed E-state index contributed by atoms with van der Waals surface area (Å²) >= 11 is 3.25. The Morgan fingerprint density at radius 3 is 2.68 bits per heavy atom. The molecule has 4 rings (SSSR count).